The fourth-order valence-electron chi connectivity index (χ4n) is 1.84. The van der Waals surface area contributed by atoms with Gasteiger partial charge in [0.05, 0.1) is 12.0 Å². The van der Waals surface area contributed by atoms with Gasteiger partial charge < -0.3 is 9.80 Å². The number of anilines is 2. The molecule has 0 aromatic carbocycles. The number of aromatic nitrogens is 3. The molecule has 0 radical (unpaired) electrons. The van der Waals surface area contributed by atoms with E-state index in [0.29, 0.717) is 25.0 Å². The Kier molecular flexibility index (Phi) is 6.46. The standard InChI is InChI=1S/C13H21ClN6/c1-5-19(6-2)12-16-11(14)17-13(18-12)20(7-3)9-10(4)8-15/h10H,5-7,9H2,1-4H3. The summed E-state index contributed by atoms with van der Waals surface area (Å²) >= 11 is 6.00. The number of halogens is 1. The van der Waals surface area contributed by atoms with Crippen LogP contribution in [0.3, 0.4) is 0 Å². The first-order valence-electron chi connectivity index (χ1n) is 6.86. The van der Waals surface area contributed by atoms with Gasteiger partial charge in [0.2, 0.25) is 17.2 Å². The topological polar surface area (TPSA) is 68.9 Å². The Morgan fingerprint density at radius 1 is 1.05 bits per heavy atom. The zero-order chi connectivity index (χ0) is 15.1. The van der Waals surface area contributed by atoms with E-state index in [9.17, 15) is 0 Å². The van der Waals surface area contributed by atoms with Crippen molar-refractivity contribution in [3.05, 3.63) is 5.28 Å². The second-order valence-corrected chi connectivity index (χ2v) is 4.78. The Labute approximate surface area is 125 Å². The molecule has 0 aliphatic carbocycles. The van der Waals surface area contributed by atoms with Crippen molar-refractivity contribution < 1.29 is 0 Å². The van der Waals surface area contributed by atoms with Crippen LogP contribution in [0.15, 0.2) is 0 Å². The van der Waals surface area contributed by atoms with Crippen LogP contribution in [0.25, 0.3) is 0 Å². The molecule has 7 heteroatoms. The molecule has 0 aliphatic heterocycles. The third-order valence-corrected chi connectivity index (χ3v) is 3.18. The summed E-state index contributed by atoms with van der Waals surface area (Å²) in [7, 11) is 0. The Hall–Kier alpha value is -1.61. The largest absolute Gasteiger partial charge is 0.341 e. The maximum Gasteiger partial charge on any atom is 0.231 e. The molecule has 0 fully saturated rings. The Morgan fingerprint density at radius 2 is 1.55 bits per heavy atom. The smallest absolute Gasteiger partial charge is 0.231 e. The van der Waals surface area contributed by atoms with E-state index in [4.69, 9.17) is 16.9 Å². The maximum atomic E-state index is 8.94. The molecule has 1 unspecified atom stereocenters. The third kappa shape index (κ3) is 4.20. The number of nitriles is 1. The summed E-state index contributed by atoms with van der Waals surface area (Å²) in [6.45, 7) is 10.8. The van der Waals surface area contributed by atoms with Gasteiger partial charge in [0.1, 0.15) is 0 Å². The maximum absolute atomic E-state index is 8.94. The van der Waals surface area contributed by atoms with Gasteiger partial charge in [0, 0.05) is 26.2 Å². The predicted octanol–water partition coefficient (Wildman–Crippen LogP) is 2.36. The van der Waals surface area contributed by atoms with Gasteiger partial charge >= 0.3 is 0 Å². The summed E-state index contributed by atoms with van der Waals surface area (Å²) in [5.41, 5.74) is 0. The van der Waals surface area contributed by atoms with Gasteiger partial charge in [-0.05, 0) is 39.3 Å². The summed E-state index contributed by atoms with van der Waals surface area (Å²) in [6.07, 6.45) is 0. The fourth-order valence-corrected chi connectivity index (χ4v) is 1.99. The SMILES string of the molecule is CCN(CC)c1nc(Cl)nc(N(CC)CC(C)C#N)n1. The minimum absolute atomic E-state index is 0.0950. The van der Waals surface area contributed by atoms with Crippen LogP contribution in [-0.2, 0) is 0 Å². The molecular weight excluding hydrogens is 276 g/mol. The van der Waals surface area contributed by atoms with Gasteiger partial charge in [-0.2, -0.15) is 20.2 Å². The van der Waals surface area contributed by atoms with Crippen molar-refractivity contribution in [3.63, 3.8) is 0 Å². The number of nitrogens with zero attached hydrogens (tertiary/aromatic N) is 6. The summed E-state index contributed by atoms with van der Waals surface area (Å²) in [4.78, 5) is 16.8. The first-order chi connectivity index (χ1) is 9.55. The molecule has 1 aromatic heterocycles. The predicted molar refractivity (Wildman–Crippen MR) is 81.1 cm³/mol. The van der Waals surface area contributed by atoms with E-state index in [0.717, 1.165) is 13.1 Å². The number of rotatable bonds is 7. The van der Waals surface area contributed by atoms with Crippen LogP contribution in [0, 0.1) is 17.2 Å². The zero-order valence-corrected chi connectivity index (χ0v) is 13.2. The monoisotopic (exact) mass is 296 g/mol. The molecule has 0 bridgehead atoms. The highest BCUT2D eigenvalue weighted by Gasteiger charge is 2.16. The zero-order valence-electron chi connectivity index (χ0n) is 12.5. The lowest BCUT2D eigenvalue weighted by Crippen LogP contribution is -2.31. The molecule has 0 N–H and O–H groups in total. The molecule has 0 amide bonds. The average Bonchev–Trinajstić information content (AvgIpc) is 2.45. The molecule has 110 valence electrons. The van der Waals surface area contributed by atoms with Crippen molar-refractivity contribution in [1.29, 1.82) is 5.26 Å². The quantitative estimate of drug-likeness (QED) is 0.769. The van der Waals surface area contributed by atoms with E-state index in [1.54, 1.807) is 0 Å². The van der Waals surface area contributed by atoms with Gasteiger partial charge in [-0.3, -0.25) is 0 Å². The number of hydrogen-bond donors (Lipinski definition) is 0. The van der Waals surface area contributed by atoms with Crippen molar-refractivity contribution in [1.82, 2.24) is 15.0 Å². The van der Waals surface area contributed by atoms with Crippen molar-refractivity contribution in [2.75, 3.05) is 36.0 Å². The molecule has 1 heterocycles. The van der Waals surface area contributed by atoms with Gasteiger partial charge in [-0.15, -0.1) is 0 Å². The van der Waals surface area contributed by atoms with Crippen LogP contribution >= 0.6 is 11.6 Å². The minimum atomic E-state index is -0.0950. The Bertz CT molecular complexity index is 468. The van der Waals surface area contributed by atoms with Crippen molar-refractivity contribution in [3.8, 4) is 6.07 Å². The summed E-state index contributed by atoms with van der Waals surface area (Å²) in [5.74, 6) is 1.01. The molecule has 20 heavy (non-hydrogen) atoms. The van der Waals surface area contributed by atoms with Crippen LogP contribution in [0.1, 0.15) is 27.7 Å². The van der Waals surface area contributed by atoms with Crippen LogP contribution < -0.4 is 9.80 Å². The minimum Gasteiger partial charge on any atom is -0.341 e. The van der Waals surface area contributed by atoms with E-state index in [2.05, 4.69) is 21.0 Å². The highest BCUT2D eigenvalue weighted by molar-refractivity contribution is 6.28. The van der Waals surface area contributed by atoms with Gasteiger partial charge in [-0.1, -0.05) is 0 Å². The third-order valence-electron chi connectivity index (χ3n) is 3.01. The lowest BCUT2D eigenvalue weighted by atomic mass is 10.2. The normalized spacial score (nSPS) is 11.8. The Balaban J connectivity index is 3.07. The summed E-state index contributed by atoms with van der Waals surface area (Å²) in [5, 5.41) is 9.12. The second kappa shape index (κ2) is 7.85. The van der Waals surface area contributed by atoms with E-state index in [1.807, 2.05) is 37.5 Å². The van der Waals surface area contributed by atoms with Crippen LogP contribution in [0.5, 0.6) is 0 Å². The van der Waals surface area contributed by atoms with Crippen molar-refractivity contribution in [2.24, 2.45) is 5.92 Å². The molecule has 0 spiro atoms. The van der Waals surface area contributed by atoms with E-state index >= 15 is 0 Å². The molecule has 1 aromatic rings. The van der Waals surface area contributed by atoms with E-state index < -0.39 is 0 Å². The first kappa shape index (κ1) is 16.4. The molecule has 1 atom stereocenters. The average molecular weight is 297 g/mol. The van der Waals surface area contributed by atoms with Gasteiger partial charge in [-0.25, -0.2) is 0 Å². The summed E-state index contributed by atoms with van der Waals surface area (Å²) < 4.78 is 0. The molecule has 0 aliphatic rings. The second-order valence-electron chi connectivity index (χ2n) is 4.45. The fraction of sp³-hybridized carbons (Fsp3) is 0.692. The van der Waals surface area contributed by atoms with Crippen LogP contribution in [0.2, 0.25) is 5.28 Å². The van der Waals surface area contributed by atoms with Crippen LogP contribution in [-0.4, -0.2) is 41.1 Å². The van der Waals surface area contributed by atoms with Gasteiger partial charge in [0.25, 0.3) is 0 Å². The molecule has 1 rings (SSSR count). The molecule has 0 saturated carbocycles. The molecular formula is C13H21ClN6. The highest BCUT2D eigenvalue weighted by Crippen LogP contribution is 2.17. The first-order valence-corrected chi connectivity index (χ1v) is 7.24. The molecule has 6 nitrogen and oxygen atoms in total. The lowest BCUT2D eigenvalue weighted by Gasteiger charge is -2.24. The van der Waals surface area contributed by atoms with Crippen molar-refractivity contribution in [2.45, 2.75) is 27.7 Å². The highest BCUT2D eigenvalue weighted by atomic mass is 35.5. The van der Waals surface area contributed by atoms with E-state index in [-0.39, 0.29) is 11.2 Å². The lowest BCUT2D eigenvalue weighted by molar-refractivity contribution is 0.667. The summed E-state index contributed by atoms with van der Waals surface area (Å²) in [6, 6.07) is 2.22. The van der Waals surface area contributed by atoms with Gasteiger partial charge in [0.15, 0.2) is 0 Å². The Morgan fingerprint density at radius 3 is 2.00 bits per heavy atom. The van der Waals surface area contributed by atoms with E-state index in [1.165, 1.54) is 0 Å². The van der Waals surface area contributed by atoms with Crippen LogP contribution in [0.4, 0.5) is 11.9 Å². The number of hydrogen-bond acceptors (Lipinski definition) is 6. The van der Waals surface area contributed by atoms with Crippen molar-refractivity contribution >= 4 is 23.5 Å². The molecule has 0 saturated heterocycles.